The molecule has 7 heteroatoms. The first-order valence-corrected chi connectivity index (χ1v) is 7.75. The molecule has 0 bridgehead atoms. The predicted octanol–water partition coefficient (Wildman–Crippen LogP) is 2.94. The molecule has 1 aliphatic rings. The third-order valence-corrected chi connectivity index (χ3v) is 4.03. The van der Waals surface area contributed by atoms with E-state index in [0.717, 1.165) is 25.9 Å². The van der Waals surface area contributed by atoms with Crippen molar-refractivity contribution < 1.29 is 4.79 Å². The maximum absolute atomic E-state index is 12.7. The van der Waals surface area contributed by atoms with Crippen molar-refractivity contribution in [2.24, 2.45) is 11.7 Å². The molecule has 0 aromatic carbocycles. The smallest absolute Gasteiger partial charge is 0.257 e. The zero-order chi connectivity index (χ0) is 15.4. The van der Waals surface area contributed by atoms with Crippen LogP contribution in [-0.2, 0) is 0 Å². The molecule has 1 unspecified atom stereocenters. The fraction of sp³-hybridized carbons (Fsp3) is 0.625. The number of carbonyl (C=O) groups excluding carboxylic acids is 1. The molecule has 0 aliphatic carbocycles. The Balaban J connectivity index is 0.00000242. The summed E-state index contributed by atoms with van der Waals surface area (Å²) in [5.41, 5.74) is 6.61. The summed E-state index contributed by atoms with van der Waals surface area (Å²) in [5, 5.41) is 3.24. The van der Waals surface area contributed by atoms with E-state index in [1.807, 2.05) is 37.8 Å². The number of aromatic nitrogens is 1. The molecule has 1 aliphatic heterocycles. The van der Waals surface area contributed by atoms with Gasteiger partial charge >= 0.3 is 0 Å². The van der Waals surface area contributed by atoms with E-state index in [9.17, 15) is 4.79 Å². The van der Waals surface area contributed by atoms with E-state index in [1.54, 1.807) is 6.20 Å². The van der Waals surface area contributed by atoms with Crippen molar-refractivity contribution in [2.45, 2.75) is 45.7 Å². The van der Waals surface area contributed by atoms with Gasteiger partial charge in [0.15, 0.2) is 0 Å². The number of halogens is 2. The summed E-state index contributed by atoms with van der Waals surface area (Å²) in [6.45, 7) is 7.68. The van der Waals surface area contributed by atoms with Gasteiger partial charge in [0.2, 0.25) is 0 Å². The molecule has 0 saturated carbocycles. The lowest BCUT2D eigenvalue weighted by Gasteiger charge is -2.34. The highest BCUT2D eigenvalue weighted by molar-refractivity contribution is 5.98. The first kappa shape index (κ1) is 22.0. The molecule has 2 heterocycles. The van der Waals surface area contributed by atoms with Crippen molar-refractivity contribution in [3.63, 3.8) is 0 Å². The van der Waals surface area contributed by atoms with E-state index in [0.29, 0.717) is 17.3 Å². The molecule has 0 radical (unpaired) electrons. The summed E-state index contributed by atoms with van der Waals surface area (Å²) in [7, 11) is 0. The minimum atomic E-state index is 0. The van der Waals surface area contributed by atoms with Crippen molar-refractivity contribution in [3.05, 3.63) is 23.9 Å². The second-order valence-electron chi connectivity index (χ2n) is 6.19. The SMILES string of the molecule is CC(C)Nc1ncccc1C(=O)N1CCC(C(C)N)CC1.Cl.Cl. The number of nitrogens with one attached hydrogen (secondary N) is 1. The lowest BCUT2D eigenvalue weighted by atomic mass is 9.90. The topological polar surface area (TPSA) is 71.2 Å². The summed E-state index contributed by atoms with van der Waals surface area (Å²) in [5.74, 6) is 1.26. The summed E-state index contributed by atoms with van der Waals surface area (Å²) in [6, 6.07) is 4.11. The van der Waals surface area contributed by atoms with E-state index in [1.165, 1.54) is 0 Å². The number of hydrogen-bond donors (Lipinski definition) is 2. The van der Waals surface area contributed by atoms with Gasteiger partial charge in [-0.05, 0) is 51.7 Å². The van der Waals surface area contributed by atoms with E-state index in [-0.39, 0.29) is 42.8 Å². The molecule has 2 rings (SSSR count). The predicted molar refractivity (Wildman–Crippen MR) is 99.8 cm³/mol. The third-order valence-electron chi connectivity index (χ3n) is 4.03. The number of nitrogens with two attached hydrogens (primary N) is 1. The Bertz CT molecular complexity index is 489. The first-order chi connectivity index (χ1) is 9.99. The number of rotatable bonds is 4. The highest BCUT2D eigenvalue weighted by Gasteiger charge is 2.26. The van der Waals surface area contributed by atoms with Crippen molar-refractivity contribution >= 4 is 36.5 Å². The molecular formula is C16H28Cl2N4O. The first-order valence-electron chi connectivity index (χ1n) is 7.75. The lowest BCUT2D eigenvalue weighted by molar-refractivity contribution is 0.0681. The quantitative estimate of drug-likeness (QED) is 0.863. The van der Waals surface area contributed by atoms with Crippen LogP contribution in [-0.4, -0.2) is 41.0 Å². The van der Waals surface area contributed by atoms with Crippen LogP contribution in [0, 0.1) is 5.92 Å². The zero-order valence-electron chi connectivity index (χ0n) is 14.0. The molecule has 0 spiro atoms. The van der Waals surface area contributed by atoms with Crippen LogP contribution < -0.4 is 11.1 Å². The number of hydrogen-bond acceptors (Lipinski definition) is 4. The van der Waals surface area contributed by atoms with Crippen LogP contribution in [0.4, 0.5) is 5.82 Å². The monoisotopic (exact) mass is 362 g/mol. The van der Waals surface area contributed by atoms with Gasteiger partial charge in [-0.25, -0.2) is 4.98 Å². The van der Waals surface area contributed by atoms with Crippen molar-refractivity contribution in [1.82, 2.24) is 9.88 Å². The standard InChI is InChI=1S/C16H26N4O.2ClH/c1-11(2)19-15-14(5-4-8-18-15)16(21)20-9-6-13(7-10-20)12(3)17;;/h4-5,8,11-13H,6-7,9-10,17H2,1-3H3,(H,18,19);2*1H. The molecule has 1 amide bonds. The van der Waals surface area contributed by atoms with Gasteiger partial charge in [0.05, 0.1) is 5.56 Å². The van der Waals surface area contributed by atoms with E-state index in [2.05, 4.69) is 10.3 Å². The van der Waals surface area contributed by atoms with E-state index >= 15 is 0 Å². The van der Waals surface area contributed by atoms with Gasteiger partial charge in [0, 0.05) is 31.4 Å². The van der Waals surface area contributed by atoms with Crippen LogP contribution in [0.1, 0.15) is 44.0 Å². The third kappa shape index (κ3) is 5.83. The number of carbonyl (C=O) groups is 1. The average molecular weight is 363 g/mol. The van der Waals surface area contributed by atoms with Crippen LogP contribution >= 0.6 is 24.8 Å². The van der Waals surface area contributed by atoms with Gasteiger partial charge in [-0.1, -0.05) is 0 Å². The van der Waals surface area contributed by atoms with Gasteiger partial charge < -0.3 is 16.0 Å². The molecule has 5 nitrogen and oxygen atoms in total. The number of nitrogens with zero attached hydrogens (tertiary/aromatic N) is 2. The van der Waals surface area contributed by atoms with E-state index in [4.69, 9.17) is 5.73 Å². The van der Waals surface area contributed by atoms with Gasteiger partial charge in [0.1, 0.15) is 5.82 Å². The fourth-order valence-electron chi connectivity index (χ4n) is 2.77. The van der Waals surface area contributed by atoms with Crippen LogP contribution in [0.15, 0.2) is 18.3 Å². The maximum atomic E-state index is 12.7. The van der Waals surface area contributed by atoms with Gasteiger partial charge in [-0.2, -0.15) is 0 Å². The molecule has 1 fully saturated rings. The molecule has 1 saturated heterocycles. The summed E-state index contributed by atoms with van der Waals surface area (Å²) >= 11 is 0. The highest BCUT2D eigenvalue weighted by Crippen LogP contribution is 2.23. The molecule has 132 valence electrons. The maximum Gasteiger partial charge on any atom is 0.257 e. The molecular weight excluding hydrogens is 335 g/mol. The Hall–Kier alpha value is -1.04. The van der Waals surface area contributed by atoms with Crippen molar-refractivity contribution in [2.75, 3.05) is 18.4 Å². The Morgan fingerprint density at radius 2 is 1.91 bits per heavy atom. The summed E-state index contributed by atoms with van der Waals surface area (Å²) in [6.07, 6.45) is 3.68. The minimum absolute atomic E-state index is 0. The van der Waals surface area contributed by atoms with Crippen molar-refractivity contribution in [1.29, 1.82) is 0 Å². The van der Waals surface area contributed by atoms with Gasteiger partial charge in [-0.15, -0.1) is 24.8 Å². The molecule has 1 aromatic heterocycles. The van der Waals surface area contributed by atoms with Gasteiger partial charge in [-0.3, -0.25) is 4.79 Å². The molecule has 1 aromatic rings. The van der Waals surface area contributed by atoms with Crippen LogP contribution in [0.2, 0.25) is 0 Å². The Labute approximate surface area is 151 Å². The number of piperidine rings is 1. The summed E-state index contributed by atoms with van der Waals surface area (Å²) < 4.78 is 0. The Morgan fingerprint density at radius 1 is 1.30 bits per heavy atom. The second kappa shape index (κ2) is 9.96. The molecule has 23 heavy (non-hydrogen) atoms. The highest BCUT2D eigenvalue weighted by atomic mass is 35.5. The van der Waals surface area contributed by atoms with Gasteiger partial charge in [0.25, 0.3) is 5.91 Å². The largest absolute Gasteiger partial charge is 0.367 e. The van der Waals surface area contributed by atoms with Crippen LogP contribution in [0.3, 0.4) is 0 Å². The number of pyridine rings is 1. The zero-order valence-corrected chi connectivity index (χ0v) is 15.6. The Kier molecular flexibility index (Phi) is 9.51. The molecule has 1 atom stereocenters. The Morgan fingerprint density at radius 3 is 2.43 bits per heavy atom. The number of likely N-dealkylation sites (tertiary alicyclic amines) is 1. The average Bonchev–Trinajstić information content (AvgIpc) is 2.46. The van der Waals surface area contributed by atoms with Crippen molar-refractivity contribution in [3.8, 4) is 0 Å². The number of anilines is 1. The second-order valence-corrected chi connectivity index (χ2v) is 6.19. The summed E-state index contributed by atoms with van der Waals surface area (Å²) in [4.78, 5) is 18.9. The fourth-order valence-corrected chi connectivity index (χ4v) is 2.77. The molecule has 3 N–H and O–H groups in total. The normalized spacial score (nSPS) is 16.3. The van der Waals surface area contributed by atoms with Crippen LogP contribution in [0.5, 0.6) is 0 Å². The lowest BCUT2D eigenvalue weighted by Crippen LogP contribution is -2.42. The van der Waals surface area contributed by atoms with E-state index < -0.39 is 0 Å². The minimum Gasteiger partial charge on any atom is -0.367 e. The van der Waals surface area contributed by atoms with Crippen LogP contribution in [0.25, 0.3) is 0 Å². The number of amides is 1.